The molecule has 0 aromatic rings. The van der Waals surface area contributed by atoms with Crippen LogP contribution in [0.4, 0.5) is 0 Å². The standard InChI is InChI=1S/C12H21N3/c1-4-7-11-10-12(8-5-2)14-15(13-11)9-6-3/h4-6,11-14H,1-3,7-10H2. The quantitative estimate of drug-likeness (QED) is 0.650. The summed E-state index contributed by atoms with van der Waals surface area (Å²) in [7, 11) is 0. The van der Waals surface area contributed by atoms with Gasteiger partial charge in [0.05, 0.1) is 0 Å². The summed E-state index contributed by atoms with van der Waals surface area (Å²) >= 11 is 0. The first-order chi connectivity index (χ1) is 7.30. The van der Waals surface area contributed by atoms with Crippen LogP contribution in [0.25, 0.3) is 0 Å². The fourth-order valence-electron chi connectivity index (χ4n) is 1.86. The minimum absolute atomic E-state index is 0.466. The van der Waals surface area contributed by atoms with Gasteiger partial charge in [-0.1, -0.05) is 18.2 Å². The molecule has 84 valence electrons. The van der Waals surface area contributed by atoms with Crippen LogP contribution in [0.3, 0.4) is 0 Å². The van der Waals surface area contributed by atoms with Crippen molar-refractivity contribution in [3.8, 4) is 0 Å². The Morgan fingerprint density at radius 1 is 1.00 bits per heavy atom. The maximum Gasteiger partial charge on any atom is 0.0466 e. The van der Waals surface area contributed by atoms with Crippen LogP contribution in [0.5, 0.6) is 0 Å². The molecule has 2 N–H and O–H groups in total. The van der Waals surface area contributed by atoms with E-state index in [1.807, 2.05) is 23.3 Å². The van der Waals surface area contributed by atoms with Crippen molar-refractivity contribution < 1.29 is 0 Å². The molecular weight excluding hydrogens is 186 g/mol. The zero-order valence-electron chi connectivity index (χ0n) is 9.28. The number of nitrogens with one attached hydrogen (secondary N) is 2. The number of hydrazine groups is 2. The predicted molar refractivity (Wildman–Crippen MR) is 65.0 cm³/mol. The molecule has 3 nitrogen and oxygen atoms in total. The molecule has 0 aromatic heterocycles. The lowest BCUT2D eigenvalue weighted by molar-refractivity contribution is 0.0355. The number of hydrogen-bond acceptors (Lipinski definition) is 3. The number of nitrogens with zero attached hydrogens (tertiary/aromatic N) is 1. The molecule has 0 amide bonds. The normalized spacial score (nSPS) is 27.2. The summed E-state index contributed by atoms with van der Waals surface area (Å²) in [6, 6.07) is 0.933. The van der Waals surface area contributed by atoms with Crippen molar-refractivity contribution in [3.63, 3.8) is 0 Å². The Balaban J connectivity index is 2.50. The van der Waals surface area contributed by atoms with Crippen LogP contribution in [0.2, 0.25) is 0 Å². The third kappa shape index (κ3) is 4.00. The molecule has 1 aliphatic rings. The fourth-order valence-corrected chi connectivity index (χ4v) is 1.86. The average Bonchev–Trinajstić information content (AvgIpc) is 2.19. The summed E-state index contributed by atoms with van der Waals surface area (Å²) in [6.07, 6.45) is 8.87. The Morgan fingerprint density at radius 3 is 1.93 bits per heavy atom. The summed E-state index contributed by atoms with van der Waals surface area (Å²) < 4.78 is 0. The first-order valence-electron chi connectivity index (χ1n) is 5.42. The van der Waals surface area contributed by atoms with Gasteiger partial charge in [-0.25, -0.2) is 10.9 Å². The van der Waals surface area contributed by atoms with Gasteiger partial charge in [-0.3, -0.25) is 0 Å². The van der Waals surface area contributed by atoms with Crippen molar-refractivity contribution in [3.05, 3.63) is 38.0 Å². The second-order valence-electron chi connectivity index (χ2n) is 3.84. The zero-order valence-corrected chi connectivity index (χ0v) is 9.28. The molecule has 1 heterocycles. The van der Waals surface area contributed by atoms with Crippen molar-refractivity contribution in [2.24, 2.45) is 0 Å². The Hall–Kier alpha value is -0.900. The minimum atomic E-state index is 0.466. The Bertz CT molecular complexity index is 181. The maximum absolute atomic E-state index is 3.78. The van der Waals surface area contributed by atoms with E-state index in [0.29, 0.717) is 12.1 Å². The van der Waals surface area contributed by atoms with Crippen LogP contribution in [0, 0.1) is 0 Å². The SMILES string of the molecule is C=CCC1CC(CC=C)NN(CC=C)N1. The summed E-state index contributed by atoms with van der Waals surface area (Å²) in [5, 5.41) is 2.00. The Morgan fingerprint density at radius 2 is 1.53 bits per heavy atom. The van der Waals surface area contributed by atoms with Gasteiger partial charge in [-0.2, -0.15) is 5.12 Å². The highest BCUT2D eigenvalue weighted by Crippen LogP contribution is 2.12. The molecule has 0 aromatic carbocycles. The second-order valence-corrected chi connectivity index (χ2v) is 3.84. The molecule has 0 aliphatic carbocycles. The van der Waals surface area contributed by atoms with Gasteiger partial charge in [0.2, 0.25) is 0 Å². The topological polar surface area (TPSA) is 27.3 Å². The van der Waals surface area contributed by atoms with Crippen LogP contribution in [-0.4, -0.2) is 23.7 Å². The Kier molecular flexibility index (Phi) is 5.32. The van der Waals surface area contributed by atoms with E-state index in [-0.39, 0.29) is 0 Å². The molecule has 1 fully saturated rings. The van der Waals surface area contributed by atoms with E-state index in [4.69, 9.17) is 0 Å². The molecule has 1 rings (SSSR count). The molecule has 0 spiro atoms. The average molecular weight is 207 g/mol. The molecule has 2 unspecified atom stereocenters. The third-order valence-corrected chi connectivity index (χ3v) is 2.46. The molecule has 15 heavy (non-hydrogen) atoms. The van der Waals surface area contributed by atoms with E-state index in [9.17, 15) is 0 Å². The van der Waals surface area contributed by atoms with Crippen LogP contribution in [-0.2, 0) is 0 Å². The van der Waals surface area contributed by atoms with Crippen LogP contribution in [0.15, 0.2) is 38.0 Å². The van der Waals surface area contributed by atoms with Gasteiger partial charge in [0.1, 0.15) is 0 Å². The molecule has 1 aliphatic heterocycles. The molecular formula is C12H21N3. The van der Waals surface area contributed by atoms with Crippen molar-refractivity contribution >= 4 is 0 Å². The monoisotopic (exact) mass is 207 g/mol. The lowest BCUT2D eigenvalue weighted by Gasteiger charge is -2.38. The highest BCUT2D eigenvalue weighted by Gasteiger charge is 2.23. The molecule has 0 saturated carbocycles. The molecule has 0 bridgehead atoms. The van der Waals surface area contributed by atoms with Crippen molar-refractivity contribution in [1.29, 1.82) is 0 Å². The number of rotatable bonds is 6. The minimum Gasteiger partial charge on any atom is -0.238 e. The van der Waals surface area contributed by atoms with Crippen LogP contribution < -0.4 is 10.9 Å². The highest BCUT2D eigenvalue weighted by molar-refractivity contribution is 4.88. The Labute approximate surface area is 92.5 Å². The van der Waals surface area contributed by atoms with Crippen LogP contribution in [0.1, 0.15) is 19.3 Å². The van der Waals surface area contributed by atoms with Gasteiger partial charge in [0, 0.05) is 18.6 Å². The number of hydrogen-bond donors (Lipinski definition) is 2. The van der Waals surface area contributed by atoms with E-state index in [1.165, 1.54) is 0 Å². The van der Waals surface area contributed by atoms with Gasteiger partial charge in [-0.05, 0) is 19.3 Å². The van der Waals surface area contributed by atoms with E-state index in [1.54, 1.807) is 0 Å². The largest absolute Gasteiger partial charge is 0.238 e. The van der Waals surface area contributed by atoms with E-state index >= 15 is 0 Å². The maximum atomic E-state index is 3.78. The second kappa shape index (κ2) is 6.56. The lowest BCUT2D eigenvalue weighted by Crippen LogP contribution is -2.61. The summed E-state index contributed by atoms with van der Waals surface area (Å²) in [5.74, 6) is 0. The third-order valence-electron chi connectivity index (χ3n) is 2.46. The van der Waals surface area contributed by atoms with Gasteiger partial charge in [0.25, 0.3) is 0 Å². The molecule has 3 heteroatoms. The van der Waals surface area contributed by atoms with Crippen molar-refractivity contribution in [2.75, 3.05) is 6.54 Å². The lowest BCUT2D eigenvalue weighted by atomic mass is 10.0. The molecule has 2 atom stereocenters. The van der Waals surface area contributed by atoms with Crippen LogP contribution >= 0.6 is 0 Å². The summed E-state index contributed by atoms with van der Waals surface area (Å²) in [4.78, 5) is 0. The summed E-state index contributed by atoms with van der Waals surface area (Å²) in [6.45, 7) is 12.1. The van der Waals surface area contributed by atoms with Crippen molar-refractivity contribution in [2.45, 2.75) is 31.3 Å². The van der Waals surface area contributed by atoms with Gasteiger partial charge in [-0.15, -0.1) is 19.7 Å². The first-order valence-corrected chi connectivity index (χ1v) is 5.42. The van der Waals surface area contributed by atoms with Gasteiger partial charge in [0.15, 0.2) is 0 Å². The van der Waals surface area contributed by atoms with E-state index in [0.717, 1.165) is 25.8 Å². The van der Waals surface area contributed by atoms with E-state index in [2.05, 4.69) is 30.6 Å². The zero-order chi connectivity index (χ0) is 11.1. The predicted octanol–water partition coefficient (Wildman–Crippen LogP) is 1.78. The van der Waals surface area contributed by atoms with Crippen molar-refractivity contribution in [1.82, 2.24) is 16.0 Å². The molecule has 1 saturated heterocycles. The highest BCUT2D eigenvalue weighted by atomic mass is 15.7. The fraction of sp³-hybridized carbons (Fsp3) is 0.500. The first kappa shape index (κ1) is 12.2. The smallest absolute Gasteiger partial charge is 0.0466 e. The van der Waals surface area contributed by atoms with E-state index < -0.39 is 0 Å². The van der Waals surface area contributed by atoms with Gasteiger partial charge < -0.3 is 0 Å². The van der Waals surface area contributed by atoms with Gasteiger partial charge >= 0.3 is 0 Å². The molecule has 0 radical (unpaired) electrons. The summed E-state index contributed by atoms with van der Waals surface area (Å²) in [5.41, 5.74) is 6.78.